The van der Waals surface area contributed by atoms with Crippen LogP contribution < -0.4 is 11.1 Å². The number of nitrogens with zero attached hydrogens (tertiary/aromatic N) is 1. The summed E-state index contributed by atoms with van der Waals surface area (Å²) in [6.07, 6.45) is -0.722. The molecule has 3 N–H and O–H groups in total. The Hall–Kier alpha value is -1.60. The second-order valence-corrected chi connectivity index (χ2v) is 6.28. The Morgan fingerprint density at radius 1 is 1.38 bits per heavy atom. The molecule has 0 aliphatic rings. The molecule has 0 atom stereocenters. The van der Waals surface area contributed by atoms with Gasteiger partial charge in [0.25, 0.3) is 0 Å². The van der Waals surface area contributed by atoms with Crippen molar-refractivity contribution in [3.05, 3.63) is 28.7 Å². The lowest BCUT2D eigenvalue weighted by atomic mass is 10.2. The molecule has 0 saturated carbocycles. The molecule has 0 fully saturated rings. The summed E-state index contributed by atoms with van der Waals surface area (Å²) in [4.78, 5) is 25.2. The Kier molecular flexibility index (Phi) is 6.17. The van der Waals surface area contributed by atoms with E-state index in [1.807, 2.05) is 6.07 Å². The fourth-order valence-corrected chi connectivity index (χ4v) is 1.88. The smallest absolute Gasteiger partial charge is 0.418 e. The van der Waals surface area contributed by atoms with E-state index in [4.69, 9.17) is 10.5 Å². The van der Waals surface area contributed by atoms with E-state index in [-0.39, 0.29) is 13.1 Å². The fraction of sp³-hybridized carbons (Fsp3) is 0.429. The molecule has 7 heteroatoms. The predicted octanol–water partition coefficient (Wildman–Crippen LogP) is 3.18. The normalized spacial score (nSPS) is 10.9. The maximum Gasteiger partial charge on any atom is 0.418 e. The zero-order valence-electron chi connectivity index (χ0n) is 12.4. The highest BCUT2D eigenvalue weighted by atomic mass is 79.9. The quantitative estimate of drug-likeness (QED) is 0.869. The predicted molar refractivity (Wildman–Crippen MR) is 85.2 cm³/mol. The minimum Gasteiger partial charge on any atom is -0.443 e. The Morgan fingerprint density at radius 3 is 2.57 bits per heavy atom. The van der Waals surface area contributed by atoms with Crippen LogP contribution in [0.5, 0.6) is 0 Å². The number of ether oxygens (including phenoxy) is 1. The van der Waals surface area contributed by atoms with Gasteiger partial charge in [-0.05, 0) is 39.0 Å². The molecule has 21 heavy (non-hydrogen) atoms. The number of carbonyl (C=O) groups excluding carboxylic acids is 2. The summed E-state index contributed by atoms with van der Waals surface area (Å²) in [6.45, 7) is 5.44. The topological polar surface area (TPSA) is 84.7 Å². The first kappa shape index (κ1) is 17.5. The molecule has 116 valence electrons. The number of imide groups is 1. The second kappa shape index (κ2) is 7.42. The van der Waals surface area contributed by atoms with Crippen molar-refractivity contribution >= 4 is 33.7 Å². The van der Waals surface area contributed by atoms with Gasteiger partial charge in [0.1, 0.15) is 5.60 Å². The highest BCUT2D eigenvalue weighted by Gasteiger charge is 2.26. The minimum atomic E-state index is -0.722. The molecule has 6 nitrogen and oxygen atoms in total. The summed E-state index contributed by atoms with van der Waals surface area (Å²) < 4.78 is 6.02. The largest absolute Gasteiger partial charge is 0.443 e. The van der Waals surface area contributed by atoms with Crippen LogP contribution in [0.25, 0.3) is 0 Å². The van der Waals surface area contributed by atoms with Crippen LogP contribution in [-0.4, -0.2) is 35.7 Å². The first-order chi connectivity index (χ1) is 9.73. The van der Waals surface area contributed by atoms with E-state index in [2.05, 4.69) is 21.2 Å². The average Bonchev–Trinajstić information content (AvgIpc) is 2.33. The lowest BCUT2D eigenvalue weighted by Gasteiger charge is -2.26. The fourth-order valence-electron chi connectivity index (χ4n) is 1.48. The third-order valence-electron chi connectivity index (χ3n) is 2.29. The molecule has 1 aromatic rings. The molecule has 0 saturated heterocycles. The summed E-state index contributed by atoms with van der Waals surface area (Å²) in [5, 5.41) is 2.63. The van der Waals surface area contributed by atoms with Gasteiger partial charge in [-0.25, -0.2) is 14.5 Å². The number of halogens is 1. The van der Waals surface area contributed by atoms with Crippen LogP contribution >= 0.6 is 15.9 Å². The lowest BCUT2D eigenvalue weighted by molar-refractivity contribution is 0.0337. The number of benzene rings is 1. The van der Waals surface area contributed by atoms with Crippen LogP contribution in [0.3, 0.4) is 0 Å². The third kappa shape index (κ3) is 6.14. The van der Waals surface area contributed by atoms with Crippen molar-refractivity contribution in [3.8, 4) is 0 Å². The monoisotopic (exact) mass is 357 g/mol. The van der Waals surface area contributed by atoms with Crippen molar-refractivity contribution in [2.24, 2.45) is 5.73 Å². The Bertz CT molecular complexity index is 514. The number of nitrogens with two attached hydrogens (primary N) is 1. The molecule has 0 aromatic heterocycles. The van der Waals surface area contributed by atoms with Gasteiger partial charge in [-0.3, -0.25) is 0 Å². The molecule has 0 radical (unpaired) electrons. The molecule has 0 bridgehead atoms. The third-order valence-corrected chi connectivity index (χ3v) is 2.78. The Morgan fingerprint density at radius 2 is 2.05 bits per heavy atom. The second-order valence-electron chi connectivity index (χ2n) is 5.36. The summed E-state index contributed by atoms with van der Waals surface area (Å²) in [5.74, 6) is 0. The van der Waals surface area contributed by atoms with Crippen LogP contribution in [0, 0.1) is 0 Å². The van der Waals surface area contributed by atoms with E-state index in [1.165, 1.54) is 0 Å². The van der Waals surface area contributed by atoms with E-state index in [0.717, 1.165) is 9.37 Å². The molecule has 1 rings (SSSR count). The van der Waals surface area contributed by atoms with E-state index in [9.17, 15) is 9.59 Å². The van der Waals surface area contributed by atoms with Gasteiger partial charge >= 0.3 is 12.1 Å². The molecule has 0 aliphatic heterocycles. The van der Waals surface area contributed by atoms with Crippen LogP contribution in [0.1, 0.15) is 20.8 Å². The van der Waals surface area contributed by atoms with Gasteiger partial charge in [0, 0.05) is 23.2 Å². The van der Waals surface area contributed by atoms with Crippen molar-refractivity contribution in [2.75, 3.05) is 18.4 Å². The summed E-state index contributed by atoms with van der Waals surface area (Å²) in [7, 11) is 0. The average molecular weight is 358 g/mol. The Balaban J connectivity index is 2.80. The molecular formula is C14H20BrN3O3. The first-order valence-corrected chi connectivity index (χ1v) is 7.29. The summed E-state index contributed by atoms with van der Waals surface area (Å²) in [5.41, 5.74) is 5.34. The number of nitrogens with one attached hydrogen (secondary N) is 1. The molecular weight excluding hydrogens is 338 g/mol. The zero-order valence-corrected chi connectivity index (χ0v) is 13.9. The summed E-state index contributed by atoms with van der Waals surface area (Å²) in [6, 6.07) is 6.49. The summed E-state index contributed by atoms with van der Waals surface area (Å²) >= 11 is 3.31. The van der Waals surface area contributed by atoms with Crippen LogP contribution in [0.2, 0.25) is 0 Å². The van der Waals surface area contributed by atoms with Gasteiger partial charge < -0.3 is 15.8 Å². The molecule has 0 heterocycles. The number of amides is 3. The van der Waals surface area contributed by atoms with Gasteiger partial charge in [-0.2, -0.15) is 0 Å². The lowest BCUT2D eigenvalue weighted by Crippen LogP contribution is -2.45. The molecule has 1 aromatic carbocycles. The first-order valence-electron chi connectivity index (χ1n) is 6.50. The van der Waals surface area contributed by atoms with Crippen molar-refractivity contribution in [3.63, 3.8) is 0 Å². The Labute approximate surface area is 132 Å². The number of carbonyl (C=O) groups is 2. The van der Waals surface area contributed by atoms with Crippen LogP contribution in [0.15, 0.2) is 28.7 Å². The van der Waals surface area contributed by atoms with Gasteiger partial charge in [-0.15, -0.1) is 0 Å². The van der Waals surface area contributed by atoms with Crippen LogP contribution in [-0.2, 0) is 4.74 Å². The van der Waals surface area contributed by atoms with E-state index in [0.29, 0.717) is 5.69 Å². The number of rotatable bonds is 3. The van der Waals surface area contributed by atoms with Crippen molar-refractivity contribution < 1.29 is 14.3 Å². The maximum absolute atomic E-state index is 12.2. The van der Waals surface area contributed by atoms with E-state index in [1.54, 1.807) is 39.0 Å². The molecule has 0 spiro atoms. The SMILES string of the molecule is CC(C)(C)OC(=O)N(CCN)C(=O)Nc1cccc(Br)c1. The van der Waals surface area contributed by atoms with Gasteiger partial charge in [0.05, 0.1) is 0 Å². The van der Waals surface area contributed by atoms with Crippen LogP contribution in [0.4, 0.5) is 15.3 Å². The number of anilines is 1. The highest BCUT2D eigenvalue weighted by Crippen LogP contribution is 2.17. The highest BCUT2D eigenvalue weighted by molar-refractivity contribution is 9.10. The number of urea groups is 1. The van der Waals surface area contributed by atoms with Crippen molar-refractivity contribution in [1.29, 1.82) is 0 Å². The number of hydrogen-bond donors (Lipinski definition) is 2. The zero-order chi connectivity index (χ0) is 16.0. The minimum absolute atomic E-state index is 0.0781. The van der Waals surface area contributed by atoms with E-state index < -0.39 is 17.7 Å². The van der Waals surface area contributed by atoms with Gasteiger partial charge in [0.2, 0.25) is 0 Å². The molecule has 0 unspecified atom stereocenters. The molecule has 3 amide bonds. The van der Waals surface area contributed by atoms with Crippen molar-refractivity contribution in [1.82, 2.24) is 4.90 Å². The van der Waals surface area contributed by atoms with E-state index >= 15 is 0 Å². The molecule has 0 aliphatic carbocycles. The maximum atomic E-state index is 12.2. The van der Waals surface area contributed by atoms with Gasteiger partial charge in [-0.1, -0.05) is 22.0 Å². The standard InChI is InChI=1S/C14H20BrN3O3/c1-14(2,3)21-13(20)18(8-7-16)12(19)17-11-6-4-5-10(15)9-11/h4-6,9H,7-8,16H2,1-3H3,(H,17,19). The van der Waals surface area contributed by atoms with Crippen molar-refractivity contribution in [2.45, 2.75) is 26.4 Å². The number of hydrogen-bond acceptors (Lipinski definition) is 4. The van der Waals surface area contributed by atoms with Gasteiger partial charge in [0.15, 0.2) is 0 Å².